The summed E-state index contributed by atoms with van der Waals surface area (Å²) in [6.45, 7) is 6.74. The third-order valence-corrected chi connectivity index (χ3v) is 7.93. The lowest BCUT2D eigenvalue weighted by atomic mass is 10.1. The Hall–Kier alpha value is -0.310. The third-order valence-electron chi connectivity index (χ3n) is 4.91. The molecule has 0 spiro atoms. The van der Waals surface area contributed by atoms with Crippen LogP contribution >= 0.6 is 7.11 Å². The van der Waals surface area contributed by atoms with E-state index >= 15 is 0 Å². The lowest BCUT2D eigenvalue weighted by Gasteiger charge is -2.28. The Morgan fingerprint density at radius 3 is 2.11 bits per heavy atom. The van der Waals surface area contributed by atoms with E-state index in [1.165, 1.54) is 32.1 Å². The fourth-order valence-corrected chi connectivity index (χ4v) is 4.71. The molecule has 0 radical (unpaired) electrons. The van der Waals surface area contributed by atoms with Crippen molar-refractivity contribution in [2.75, 3.05) is 53.2 Å². The molecule has 0 aromatic rings. The number of esters is 1. The smallest absolute Gasteiger partial charge is 0.305 e. The normalized spacial score (nSPS) is 14.1. The highest BCUT2D eigenvalue weighted by Gasteiger charge is 2.15. The number of quaternary nitrogens is 1. The molecule has 0 bridgehead atoms. The Morgan fingerprint density at radius 2 is 1.52 bits per heavy atom. The van der Waals surface area contributed by atoms with E-state index in [0.717, 1.165) is 55.6 Å². The van der Waals surface area contributed by atoms with Crippen molar-refractivity contribution in [3.63, 3.8) is 0 Å². The number of likely N-dealkylation sites (N-methyl/N-ethyl adjacent to an activating group) is 1. The van der Waals surface area contributed by atoms with Crippen molar-refractivity contribution < 1.29 is 18.5 Å². The second-order valence-electron chi connectivity index (χ2n) is 8.74. The minimum absolute atomic E-state index is 0.0334. The van der Waals surface area contributed by atoms with Gasteiger partial charge in [0.2, 0.25) is 0 Å². The molecule has 0 rings (SSSR count). The predicted octanol–water partition coefficient (Wildman–Crippen LogP) is 5.56. The molecule has 5 heteroatoms. The van der Waals surface area contributed by atoms with Gasteiger partial charge >= 0.3 is 5.97 Å². The van der Waals surface area contributed by atoms with Gasteiger partial charge in [-0.3, -0.25) is 4.79 Å². The number of rotatable bonds is 18. The van der Waals surface area contributed by atoms with Crippen molar-refractivity contribution in [2.45, 2.75) is 78.1 Å². The number of hydrogen-bond donors (Lipinski definition) is 0. The molecule has 0 aliphatic heterocycles. The van der Waals surface area contributed by atoms with Gasteiger partial charge < -0.3 is 13.7 Å². The van der Waals surface area contributed by atoms with Crippen LogP contribution in [0.2, 0.25) is 0 Å². The molecule has 0 saturated carbocycles. The topological polar surface area (TPSA) is 35.5 Å². The maximum Gasteiger partial charge on any atom is 0.305 e. The lowest BCUT2D eigenvalue weighted by molar-refractivity contribution is -0.870. The van der Waals surface area contributed by atoms with Gasteiger partial charge in [0.25, 0.3) is 0 Å². The second-order valence-corrected chi connectivity index (χ2v) is 12.2. The molecule has 0 aliphatic carbocycles. The van der Waals surface area contributed by atoms with E-state index < -0.39 is 7.11 Å². The van der Waals surface area contributed by atoms with Crippen LogP contribution < -0.4 is 0 Å². The first-order valence-corrected chi connectivity index (χ1v) is 13.3. The molecule has 0 aromatic carbocycles. The molecule has 1 unspecified atom stereocenters. The maximum absolute atomic E-state index is 11.8. The van der Waals surface area contributed by atoms with Gasteiger partial charge in [0, 0.05) is 13.5 Å². The molecular weight excluding hydrogens is 357 g/mol. The molecule has 0 fully saturated rings. The SMILES string of the molecule is C=P(CC)(CCCCOC(=O)CCCCCCCCC)OCC[N+](C)(C)C. The summed E-state index contributed by atoms with van der Waals surface area (Å²) in [5.41, 5.74) is 0. The van der Waals surface area contributed by atoms with Crippen LogP contribution in [0.4, 0.5) is 0 Å². The lowest BCUT2D eigenvalue weighted by Crippen LogP contribution is -2.37. The van der Waals surface area contributed by atoms with Crippen LogP contribution in [0.5, 0.6) is 0 Å². The Bertz CT molecular complexity index is 418. The van der Waals surface area contributed by atoms with Gasteiger partial charge in [0.15, 0.2) is 0 Å². The van der Waals surface area contributed by atoms with Crippen molar-refractivity contribution >= 4 is 19.4 Å². The van der Waals surface area contributed by atoms with Crippen molar-refractivity contribution in [2.24, 2.45) is 0 Å². The van der Waals surface area contributed by atoms with Gasteiger partial charge in [0.1, 0.15) is 6.54 Å². The van der Waals surface area contributed by atoms with Gasteiger partial charge in [-0.25, -0.2) is 0 Å². The fraction of sp³-hybridized carbons (Fsp3) is 0.909. The first-order valence-electron chi connectivity index (χ1n) is 11.0. The molecule has 27 heavy (non-hydrogen) atoms. The average molecular weight is 405 g/mol. The molecule has 0 aromatic heterocycles. The number of carbonyl (C=O) groups excluding carboxylic acids is 1. The highest BCUT2D eigenvalue weighted by Crippen LogP contribution is 2.46. The first kappa shape index (κ1) is 26.7. The van der Waals surface area contributed by atoms with Gasteiger partial charge in [-0.2, -0.15) is 0 Å². The molecule has 0 amide bonds. The predicted molar refractivity (Wildman–Crippen MR) is 121 cm³/mol. The summed E-state index contributed by atoms with van der Waals surface area (Å²) in [5.74, 6) is -0.0334. The average Bonchev–Trinajstić information content (AvgIpc) is 2.59. The second kappa shape index (κ2) is 15.6. The van der Waals surface area contributed by atoms with Gasteiger partial charge in [-0.1, -0.05) is 58.7 Å². The zero-order valence-corrected chi connectivity index (χ0v) is 19.8. The van der Waals surface area contributed by atoms with E-state index in [0.29, 0.717) is 13.0 Å². The van der Waals surface area contributed by atoms with Crippen molar-refractivity contribution in [3.8, 4) is 0 Å². The van der Waals surface area contributed by atoms with Crippen molar-refractivity contribution in [1.29, 1.82) is 0 Å². The summed E-state index contributed by atoms with van der Waals surface area (Å²) in [6.07, 6.45) is 17.5. The summed E-state index contributed by atoms with van der Waals surface area (Å²) < 4.78 is 12.4. The quantitative estimate of drug-likeness (QED) is 0.130. The number of unbranched alkanes of at least 4 members (excludes halogenated alkanes) is 7. The molecular formula is C22H47NO3P+. The number of nitrogens with zero attached hydrogens (tertiary/aromatic N) is 1. The zero-order chi connectivity index (χ0) is 20.6. The highest BCUT2D eigenvalue weighted by molar-refractivity contribution is 7.69. The van der Waals surface area contributed by atoms with Crippen LogP contribution in [0.3, 0.4) is 0 Å². The van der Waals surface area contributed by atoms with E-state index in [4.69, 9.17) is 9.26 Å². The number of ether oxygens (including phenoxy) is 1. The maximum atomic E-state index is 11.8. The zero-order valence-electron chi connectivity index (χ0n) is 18.9. The van der Waals surface area contributed by atoms with Crippen LogP contribution in [0.1, 0.15) is 78.1 Å². The Morgan fingerprint density at radius 1 is 0.889 bits per heavy atom. The minimum atomic E-state index is -1.53. The molecule has 0 saturated heterocycles. The highest BCUT2D eigenvalue weighted by atomic mass is 31.2. The number of hydrogen-bond acceptors (Lipinski definition) is 3. The molecule has 0 N–H and O–H groups in total. The van der Waals surface area contributed by atoms with Gasteiger partial charge in [0.05, 0.1) is 34.4 Å². The summed E-state index contributed by atoms with van der Waals surface area (Å²) in [5, 5.41) is 0. The van der Waals surface area contributed by atoms with Crippen LogP contribution in [-0.4, -0.2) is 70.0 Å². The Balaban J connectivity index is 3.69. The van der Waals surface area contributed by atoms with Crippen molar-refractivity contribution in [3.05, 3.63) is 0 Å². The molecule has 4 nitrogen and oxygen atoms in total. The van der Waals surface area contributed by atoms with Crippen LogP contribution in [0.15, 0.2) is 0 Å². The van der Waals surface area contributed by atoms with E-state index in [-0.39, 0.29) is 5.97 Å². The molecule has 162 valence electrons. The van der Waals surface area contributed by atoms with E-state index in [1.807, 2.05) is 0 Å². The summed E-state index contributed by atoms with van der Waals surface area (Å²) in [6, 6.07) is 0. The van der Waals surface area contributed by atoms with Crippen LogP contribution in [0, 0.1) is 0 Å². The monoisotopic (exact) mass is 404 g/mol. The summed E-state index contributed by atoms with van der Waals surface area (Å²) in [4.78, 5) is 11.8. The standard InChI is InChI=1S/C22H47NO3P/c1-7-9-10-11-12-13-14-17-22(24)25-19-15-16-21-27(6,8-2)26-20-18-23(3,4)5/h6-21H2,1-5H3/q+1. The summed E-state index contributed by atoms with van der Waals surface area (Å²) >= 11 is 0. The van der Waals surface area contributed by atoms with E-state index in [2.05, 4.69) is 41.3 Å². The number of carbonyl (C=O) groups is 1. The van der Waals surface area contributed by atoms with Gasteiger partial charge in [-0.15, -0.1) is 0 Å². The van der Waals surface area contributed by atoms with E-state index in [9.17, 15) is 4.79 Å². The molecule has 0 aliphatic rings. The van der Waals surface area contributed by atoms with Crippen molar-refractivity contribution in [1.82, 2.24) is 0 Å². The Kier molecular flexibility index (Phi) is 15.4. The minimum Gasteiger partial charge on any atom is -0.466 e. The third kappa shape index (κ3) is 17.5. The van der Waals surface area contributed by atoms with Crippen LogP contribution in [0.25, 0.3) is 0 Å². The van der Waals surface area contributed by atoms with Gasteiger partial charge in [-0.05, 0) is 31.6 Å². The summed E-state index contributed by atoms with van der Waals surface area (Å²) in [7, 11) is 5.01. The first-order chi connectivity index (χ1) is 12.7. The molecule has 0 heterocycles. The molecule has 1 atom stereocenters. The van der Waals surface area contributed by atoms with E-state index in [1.54, 1.807) is 0 Å². The Labute approximate surface area is 169 Å². The van der Waals surface area contributed by atoms with Crippen LogP contribution in [-0.2, 0) is 14.1 Å². The fourth-order valence-electron chi connectivity index (χ4n) is 2.81. The largest absolute Gasteiger partial charge is 0.466 e.